The number of nitrogens with one attached hydrogen (secondary N) is 2. The number of aromatic amines is 1. The molecule has 0 saturated carbocycles. The molecule has 24 heavy (non-hydrogen) atoms. The number of nitrogens with zero attached hydrogens (tertiary/aromatic N) is 4. The fraction of sp³-hybridized carbons (Fsp3) is 0.222. The van der Waals surface area contributed by atoms with Gasteiger partial charge in [-0.1, -0.05) is 0 Å². The summed E-state index contributed by atoms with van der Waals surface area (Å²) in [4.78, 5) is 7.79. The van der Waals surface area contributed by atoms with Crippen molar-refractivity contribution in [2.75, 3.05) is 6.54 Å². The Morgan fingerprint density at radius 2 is 2.12 bits per heavy atom. The predicted octanol–water partition coefficient (Wildman–Crippen LogP) is 2.71. The zero-order chi connectivity index (χ0) is 15.9. The molecule has 3 aromatic heterocycles. The van der Waals surface area contributed by atoms with Gasteiger partial charge in [-0.2, -0.15) is 5.10 Å². The molecule has 4 aromatic rings. The predicted molar refractivity (Wildman–Crippen MR) is 93.0 cm³/mol. The van der Waals surface area contributed by atoms with E-state index in [2.05, 4.69) is 54.9 Å². The Labute approximate surface area is 139 Å². The Morgan fingerprint density at radius 3 is 3.12 bits per heavy atom. The summed E-state index contributed by atoms with van der Waals surface area (Å²) in [5.74, 6) is 0.880. The molecule has 120 valence electrons. The standard InChI is InChI=1S/C18H18N6/c1-5-19-12-15-11-17(22-24(15)8-1)18-21-7-9-23(18)14-2-3-16-13(10-14)4-6-20-16/h2-4,6-7,9-11,19-20H,1,5,8,12H2. The lowest BCUT2D eigenvalue weighted by Crippen LogP contribution is -2.11. The number of hydrogen-bond donors (Lipinski definition) is 2. The van der Waals surface area contributed by atoms with Crippen LogP contribution in [0.3, 0.4) is 0 Å². The highest BCUT2D eigenvalue weighted by Gasteiger charge is 2.16. The minimum atomic E-state index is 0.864. The summed E-state index contributed by atoms with van der Waals surface area (Å²) in [6.07, 6.45) is 6.89. The quantitative estimate of drug-likeness (QED) is 0.597. The summed E-state index contributed by atoms with van der Waals surface area (Å²) in [6, 6.07) is 10.6. The summed E-state index contributed by atoms with van der Waals surface area (Å²) >= 11 is 0. The molecule has 5 rings (SSSR count). The number of benzene rings is 1. The number of imidazole rings is 1. The molecule has 0 bridgehead atoms. The Morgan fingerprint density at radius 1 is 1.12 bits per heavy atom. The molecule has 0 atom stereocenters. The maximum atomic E-state index is 4.78. The minimum absolute atomic E-state index is 0.864. The van der Waals surface area contributed by atoms with E-state index in [9.17, 15) is 0 Å². The second-order valence-electron chi connectivity index (χ2n) is 6.14. The van der Waals surface area contributed by atoms with Crippen molar-refractivity contribution in [2.45, 2.75) is 19.5 Å². The van der Waals surface area contributed by atoms with E-state index in [-0.39, 0.29) is 0 Å². The normalized spacial score (nSPS) is 14.7. The summed E-state index contributed by atoms with van der Waals surface area (Å²) in [5, 5.41) is 9.40. The van der Waals surface area contributed by atoms with E-state index >= 15 is 0 Å². The maximum Gasteiger partial charge on any atom is 0.165 e. The minimum Gasteiger partial charge on any atom is -0.361 e. The molecule has 1 aliphatic rings. The van der Waals surface area contributed by atoms with Crippen molar-refractivity contribution in [3.8, 4) is 17.2 Å². The Hall–Kier alpha value is -2.86. The van der Waals surface area contributed by atoms with E-state index in [1.165, 1.54) is 11.1 Å². The SMILES string of the molecule is c1cn(-c2ccc3[nH]ccc3c2)c(-c2cc3n(n2)CCCNC3)n1. The van der Waals surface area contributed by atoms with E-state index in [0.717, 1.165) is 48.8 Å². The van der Waals surface area contributed by atoms with Gasteiger partial charge in [0.05, 0.1) is 5.69 Å². The first-order valence-corrected chi connectivity index (χ1v) is 8.27. The zero-order valence-corrected chi connectivity index (χ0v) is 13.2. The van der Waals surface area contributed by atoms with Crippen LogP contribution in [0.5, 0.6) is 0 Å². The van der Waals surface area contributed by atoms with Gasteiger partial charge in [0.15, 0.2) is 5.82 Å². The van der Waals surface area contributed by atoms with Gasteiger partial charge in [-0.3, -0.25) is 9.25 Å². The summed E-state index contributed by atoms with van der Waals surface area (Å²) in [7, 11) is 0. The van der Waals surface area contributed by atoms with Gasteiger partial charge < -0.3 is 10.3 Å². The largest absolute Gasteiger partial charge is 0.361 e. The van der Waals surface area contributed by atoms with Gasteiger partial charge in [0.1, 0.15) is 5.69 Å². The van der Waals surface area contributed by atoms with Crippen LogP contribution < -0.4 is 5.32 Å². The van der Waals surface area contributed by atoms with Gasteiger partial charge in [-0.25, -0.2) is 4.98 Å². The van der Waals surface area contributed by atoms with E-state index < -0.39 is 0 Å². The molecular weight excluding hydrogens is 300 g/mol. The Kier molecular flexibility index (Phi) is 3.02. The molecule has 0 radical (unpaired) electrons. The third-order valence-corrected chi connectivity index (χ3v) is 4.58. The van der Waals surface area contributed by atoms with Crippen molar-refractivity contribution >= 4 is 10.9 Å². The van der Waals surface area contributed by atoms with Gasteiger partial charge in [0, 0.05) is 48.3 Å². The molecule has 0 saturated heterocycles. The monoisotopic (exact) mass is 318 g/mol. The van der Waals surface area contributed by atoms with Crippen molar-refractivity contribution in [1.29, 1.82) is 0 Å². The molecule has 6 heteroatoms. The highest BCUT2D eigenvalue weighted by atomic mass is 15.3. The second kappa shape index (κ2) is 5.35. The first-order chi connectivity index (χ1) is 11.9. The van der Waals surface area contributed by atoms with Crippen LogP contribution in [0.25, 0.3) is 28.1 Å². The maximum absolute atomic E-state index is 4.78. The number of aryl methyl sites for hydroxylation is 1. The molecule has 6 nitrogen and oxygen atoms in total. The van der Waals surface area contributed by atoms with E-state index in [1.54, 1.807) is 0 Å². The van der Waals surface area contributed by atoms with Crippen molar-refractivity contribution in [3.05, 3.63) is 54.6 Å². The molecule has 1 aromatic carbocycles. The number of hydrogen-bond acceptors (Lipinski definition) is 3. The number of fused-ring (bicyclic) bond motifs is 2. The van der Waals surface area contributed by atoms with Crippen LogP contribution in [0.4, 0.5) is 0 Å². The lowest BCUT2D eigenvalue weighted by molar-refractivity contribution is 0.588. The van der Waals surface area contributed by atoms with Crippen LogP contribution >= 0.6 is 0 Å². The second-order valence-corrected chi connectivity index (χ2v) is 6.14. The molecule has 0 unspecified atom stereocenters. The highest BCUT2D eigenvalue weighted by Crippen LogP contribution is 2.24. The highest BCUT2D eigenvalue weighted by molar-refractivity contribution is 5.81. The lowest BCUT2D eigenvalue weighted by atomic mass is 10.2. The third kappa shape index (κ3) is 2.15. The van der Waals surface area contributed by atoms with Crippen LogP contribution in [0.2, 0.25) is 0 Å². The first-order valence-electron chi connectivity index (χ1n) is 8.27. The molecule has 0 fully saturated rings. The summed E-state index contributed by atoms with van der Waals surface area (Å²) in [5.41, 5.74) is 4.38. The summed E-state index contributed by atoms with van der Waals surface area (Å²) < 4.78 is 4.20. The number of H-pyrrole nitrogens is 1. The molecule has 0 spiro atoms. The van der Waals surface area contributed by atoms with Gasteiger partial charge in [0.2, 0.25) is 0 Å². The van der Waals surface area contributed by atoms with Crippen LogP contribution in [-0.2, 0) is 13.1 Å². The van der Waals surface area contributed by atoms with Crippen molar-refractivity contribution in [1.82, 2.24) is 29.6 Å². The molecular formula is C18H18N6. The van der Waals surface area contributed by atoms with Crippen LogP contribution in [-0.4, -0.2) is 30.9 Å². The average molecular weight is 318 g/mol. The fourth-order valence-corrected chi connectivity index (χ4v) is 3.36. The first kappa shape index (κ1) is 13.6. The lowest BCUT2D eigenvalue weighted by Gasteiger charge is -2.06. The molecule has 1 aliphatic heterocycles. The van der Waals surface area contributed by atoms with Gasteiger partial charge in [0.25, 0.3) is 0 Å². The summed E-state index contributed by atoms with van der Waals surface area (Å²) in [6.45, 7) is 2.87. The van der Waals surface area contributed by atoms with Crippen molar-refractivity contribution in [3.63, 3.8) is 0 Å². The number of rotatable bonds is 2. The fourth-order valence-electron chi connectivity index (χ4n) is 3.36. The van der Waals surface area contributed by atoms with Gasteiger partial charge in [-0.15, -0.1) is 0 Å². The molecule has 4 heterocycles. The Balaban J connectivity index is 1.59. The Bertz CT molecular complexity index is 982. The zero-order valence-electron chi connectivity index (χ0n) is 13.2. The third-order valence-electron chi connectivity index (χ3n) is 4.58. The van der Waals surface area contributed by atoms with Gasteiger partial charge in [-0.05, 0) is 43.3 Å². The van der Waals surface area contributed by atoms with Crippen molar-refractivity contribution < 1.29 is 0 Å². The number of aromatic nitrogens is 5. The van der Waals surface area contributed by atoms with E-state index in [0.29, 0.717) is 0 Å². The van der Waals surface area contributed by atoms with E-state index in [1.807, 2.05) is 18.6 Å². The van der Waals surface area contributed by atoms with Crippen LogP contribution in [0.1, 0.15) is 12.1 Å². The topological polar surface area (TPSA) is 63.5 Å². The van der Waals surface area contributed by atoms with E-state index in [4.69, 9.17) is 5.10 Å². The average Bonchev–Trinajstić information content (AvgIpc) is 3.31. The molecule has 2 N–H and O–H groups in total. The molecule has 0 aliphatic carbocycles. The van der Waals surface area contributed by atoms with Crippen LogP contribution in [0, 0.1) is 0 Å². The van der Waals surface area contributed by atoms with Crippen molar-refractivity contribution in [2.24, 2.45) is 0 Å². The smallest absolute Gasteiger partial charge is 0.165 e. The van der Waals surface area contributed by atoms with Gasteiger partial charge >= 0.3 is 0 Å². The molecule has 0 amide bonds. The van der Waals surface area contributed by atoms with Crippen LogP contribution in [0.15, 0.2) is 48.9 Å².